The van der Waals surface area contributed by atoms with E-state index in [0.29, 0.717) is 0 Å². The second-order valence-electron chi connectivity index (χ2n) is 18.6. The Morgan fingerprint density at radius 2 is 0.766 bits per heavy atom. The van der Waals surface area contributed by atoms with Crippen molar-refractivity contribution in [2.24, 2.45) is 0 Å². The molecule has 10 aromatic rings. The number of benzene rings is 10. The fourth-order valence-corrected chi connectivity index (χ4v) is 11.1. The third-order valence-electron chi connectivity index (χ3n) is 14.3. The van der Waals surface area contributed by atoms with E-state index in [1.807, 2.05) is 24.3 Å². The highest BCUT2D eigenvalue weighted by atomic mass is 19.1. The smallest absolute Gasteiger partial charge is 0.125 e. The Hall–Kier alpha value is -7.55. The maximum Gasteiger partial charge on any atom is 0.125 e. The first kappa shape index (κ1) is 38.2. The maximum absolute atomic E-state index is 14.6. The zero-order valence-electron chi connectivity index (χ0n) is 36.5. The van der Waals surface area contributed by atoms with Crippen LogP contribution in [0, 0.1) is 5.82 Å². The van der Waals surface area contributed by atoms with Crippen molar-refractivity contribution in [2.45, 2.75) is 38.5 Å². The topological polar surface area (TPSA) is 3.24 Å². The summed E-state index contributed by atoms with van der Waals surface area (Å²) in [6, 6.07) is 73.8. The highest BCUT2D eigenvalue weighted by Gasteiger charge is 2.37. The molecule has 0 heterocycles. The van der Waals surface area contributed by atoms with Crippen LogP contribution in [0.25, 0.3) is 77.2 Å². The Kier molecular flexibility index (Phi) is 8.49. The molecule has 0 amide bonds. The van der Waals surface area contributed by atoms with Gasteiger partial charge in [0, 0.05) is 27.9 Å². The monoisotopic (exact) mass is 823 g/mol. The van der Waals surface area contributed by atoms with E-state index in [1.54, 1.807) is 12.1 Å². The minimum Gasteiger partial charge on any atom is -0.310 e. The highest BCUT2D eigenvalue weighted by Crippen LogP contribution is 2.54. The Morgan fingerprint density at radius 1 is 0.312 bits per heavy atom. The number of halogens is 1. The molecular weight excluding hydrogens is 778 g/mol. The molecule has 0 saturated carbocycles. The van der Waals surface area contributed by atoms with Gasteiger partial charge < -0.3 is 4.90 Å². The van der Waals surface area contributed by atoms with Crippen LogP contribution in [0.5, 0.6) is 0 Å². The van der Waals surface area contributed by atoms with Crippen LogP contribution in [-0.2, 0) is 10.8 Å². The molecule has 0 unspecified atom stereocenters. The quantitative estimate of drug-likeness (QED) is 0.151. The first-order valence-corrected chi connectivity index (χ1v) is 22.4. The Bertz CT molecular complexity index is 3500. The van der Waals surface area contributed by atoms with Gasteiger partial charge in [0.15, 0.2) is 0 Å². The van der Waals surface area contributed by atoms with Gasteiger partial charge in [0.2, 0.25) is 0 Å². The minimum atomic E-state index is -0.265. The maximum atomic E-state index is 14.6. The summed E-state index contributed by atoms with van der Waals surface area (Å²) in [5.74, 6) is -0.265. The van der Waals surface area contributed by atoms with Crippen molar-refractivity contribution in [3.05, 3.63) is 234 Å². The van der Waals surface area contributed by atoms with Crippen LogP contribution in [0.15, 0.2) is 206 Å². The number of rotatable bonds is 6. The molecule has 64 heavy (non-hydrogen) atoms. The molecule has 12 rings (SSSR count). The predicted molar refractivity (Wildman–Crippen MR) is 268 cm³/mol. The number of anilines is 3. The standard InChI is InChI=1S/C62H46FN/c1-61(2)55-23-12-10-19-47(55)49-32-28-41(36-57(49)61)59-51-21-8-9-22-52(51)60(42-29-33-50-48-20-11-13-24-56(48)62(3,4)58(50)37-42)54-35-40(27-34-53(54)59)39-25-30-45(31-26-39)64(44-16-6-5-7-17-44)46-18-14-15-43(63)38-46/h5-38H,1-4H3. The molecule has 0 radical (unpaired) electrons. The van der Waals surface area contributed by atoms with Crippen molar-refractivity contribution in [1.29, 1.82) is 0 Å². The van der Waals surface area contributed by atoms with Gasteiger partial charge in [-0.05, 0) is 160 Å². The third-order valence-corrected chi connectivity index (χ3v) is 14.3. The van der Waals surface area contributed by atoms with Gasteiger partial charge in [-0.3, -0.25) is 0 Å². The molecule has 10 aromatic carbocycles. The normalized spacial score (nSPS) is 14.0. The van der Waals surface area contributed by atoms with E-state index in [9.17, 15) is 4.39 Å². The predicted octanol–water partition coefficient (Wildman–Crippen LogP) is 17.2. The number of fused-ring (bicyclic) bond motifs is 8. The SMILES string of the molecule is CC1(C)c2ccccc2-c2ccc(-c3c4ccccc4c(-c4ccc5c(c4)C(C)(C)c4ccccc4-5)c4cc(-c5ccc(N(c6ccccc6)c6cccc(F)c6)cc5)ccc34)cc21. The van der Waals surface area contributed by atoms with Crippen LogP contribution in [-0.4, -0.2) is 0 Å². The molecule has 2 aliphatic carbocycles. The molecule has 0 atom stereocenters. The zero-order valence-corrected chi connectivity index (χ0v) is 36.5. The van der Waals surface area contributed by atoms with Gasteiger partial charge in [-0.25, -0.2) is 4.39 Å². The minimum absolute atomic E-state index is 0.119. The van der Waals surface area contributed by atoms with Crippen LogP contribution in [0.1, 0.15) is 49.9 Å². The third kappa shape index (κ3) is 5.75. The number of nitrogens with zero attached hydrogens (tertiary/aromatic N) is 1. The molecule has 0 saturated heterocycles. The molecule has 1 nitrogen and oxygen atoms in total. The zero-order chi connectivity index (χ0) is 43.3. The van der Waals surface area contributed by atoms with Crippen molar-refractivity contribution in [3.8, 4) is 55.6 Å². The Morgan fingerprint density at radius 3 is 1.36 bits per heavy atom. The lowest BCUT2D eigenvalue weighted by atomic mass is 9.79. The van der Waals surface area contributed by atoms with Crippen molar-refractivity contribution >= 4 is 38.6 Å². The summed E-state index contributed by atoms with van der Waals surface area (Å²) in [5, 5.41) is 4.93. The van der Waals surface area contributed by atoms with E-state index < -0.39 is 0 Å². The molecule has 0 fully saturated rings. The summed E-state index contributed by atoms with van der Waals surface area (Å²) in [4.78, 5) is 2.10. The number of para-hydroxylation sites is 1. The lowest BCUT2D eigenvalue weighted by Crippen LogP contribution is -2.15. The van der Waals surface area contributed by atoms with Crippen LogP contribution in [0.4, 0.5) is 21.5 Å². The van der Waals surface area contributed by atoms with Crippen LogP contribution in [0.3, 0.4) is 0 Å². The van der Waals surface area contributed by atoms with E-state index in [0.717, 1.165) is 28.2 Å². The van der Waals surface area contributed by atoms with E-state index in [2.05, 4.69) is 196 Å². The van der Waals surface area contributed by atoms with Crippen molar-refractivity contribution in [2.75, 3.05) is 4.90 Å². The molecule has 0 aliphatic heterocycles. The van der Waals surface area contributed by atoms with E-state index in [4.69, 9.17) is 0 Å². The second kappa shape index (κ2) is 14.2. The average Bonchev–Trinajstić information content (AvgIpc) is 3.70. The van der Waals surface area contributed by atoms with Gasteiger partial charge in [0.25, 0.3) is 0 Å². The summed E-state index contributed by atoms with van der Waals surface area (Å²) < 4.78 is 14.6. The van der Waals surface area contributed by atoms with Crippen molar-refractivity contribution < 1.29 is 4.39 Å². The fourth-order valence-electron chi connectivity index (χ4n) is 11.1. The summed E-state index contributed by atoms with van der Waals surface area (Å²) in [5.41, 5.74) is 20.4. The van der Waals surface area contributed by atoms with Gasteiger partial charge in [0.05, 0.1) is 0 Å². The van der Waals surface area contributed by atoms with Gasteiger partial charge in [0.1, 0.15) is 5.82 Å². The van der Waals surface area contributed by atoms with E-state index >= 15 is 0 Å². The van der Waals surface area contributed by atoms with Gasteiger partial charge in [-0.1, -0.05) is 173 Å². The average molecular weight is 824 g/mol. The lowest BCUT2D eigenvalue weighted by Gasteiger charge is -2.25. The van der Waals surface area contributed by atoms with Crippen LogP contribution < -0.4 is 4.90 Å². The lowest BCUT2D eigenvalue weighted by molar-refractivity contribution is 0.628. The fraction of sp³-hybridized carbons (Fsp3) is 0.0968. The molecule has 2 aliphatic rings. The van der Waals surface area contributed by atoms with Crippen molar-refractivity contribution in [1.82, 2.24) is 0 Å². The summed E-state index contributed by atoms with van der Waals surface area (Å²) in [7, 11) is 0. The summed E-state index contributed by atoms with van der Waals surface area (Å²) in [6.07, 6.45) is 0. The first-order valence-electron chi connectivity index (χ1n) is 22.4. The Balaban J connectivity index is 1.07. The Labute approximate surface area is 374 Å². The van der Waals surface area contributed by atoms with E-state index in [-0.39, 0.29) is 16.6 Å². The largest absolute Gasteiger partial charge is 0.310 e. The van der Waals surface area contributed by atoms with Gasteiger partial charge in [-0.2, -0.15) is 0 Å². The van der Waals surface area contributed by atoms with E-state index in [1.165, 1.54) is 94.4 Å². The van der Waals surface area contributed by atoms with Crippen molar-refractivity contribution in [3.63, 3.8) is 0 Å². The summed E-state index contributed by atoms with van der Waals surface area (Å²) in [6.45, 7) is 9.46. The van der Waals surface area contributed by atoms with Gasteiger partial charge >= 0.3 is 0 Å². The molecule has 0 spiro atoms. The first-order chi connectivity index (χ1) is 31.2. The number of hydrogen-bond donors (Lipinski definition) is 0. The highest BCUT2D eigenvalue weighted by molar-refractivity contribution is 6.22. The molecule has 0 bridgehead atoms. The van der Waals surface area contributed by atoms with Crippen LogP contribution in [0.2, 0.25) is 0 Å². The number of hydrogen-bond acceptors (Lipinski definition) is 1. The molecule has 0 N–H and O–H groups in total. The molecule has 0 aromatic heterocycles. The molecular formula is C62H46FN. The summed E-state index contributed by atoms with van der Waals surface area (Å²) >= 11 is 0. The molecule has 2 heteroatoms. The van der Waals surface area contributed by atoms with Crippen LogP contribution >= 0.6 is 0 Å². The molecule has 306 valence electrons. The second-order valence-corrected chi connectivity index (χ2v) is 18.6. The van der Waals surface area contributed by atoms with Gasteiger partial charge in [-0.15, -0.1) is 0 Å².